The van der Waals surface area contributed by atoms with Gasteiger partial charge in [-0.2, -0.15) is 0 Å². The Bertz CT molecular complexity index is 1020. The highest BCUT2D eigenvalue weighted by atomic mass is 14.8. The average Bonchev–Trinajstić information content (AvgIpc) is 3.46. The third-order valence-corrected chi connectivity index (χ3v) is 18.1. The average molecular weight is 603 g/mol. The van der Waals surface area contributed by atoms with E-state index in [1.54, 1.807) is 83.5 Å². The predicted octanol–water partition coefficient (Wildman–Crippen LogP) is 12.4. The van der Waals surface area contributed by atoms with E-state index in [4.69, 9.17) is 0 Å². The van der Waals surface area contributed by atoms with E-state index in [-0.39, 0.29) is 0 Å². The van der Waals surface area contributed by atoms with Crippen molar-refractivity contribution in [2.45, 2.75) is 152 Å². The molecule has 15 atom stereocenters. The summed E-state index contributed by atoms with van der Waals surface area (Å²) in [6.45, 7) is 24.0. The molecule has 0 nitrogen and oxygen atoms in total. The highest BCUT2D eigenvalue weighted by Gasteiger charge is 2.78. The largest absolute Gasteiger partial charge is 0.0625 e. The van der Waals surface area contributed by atoms with Gasteiger partial charge < -0.3 is 0 Å². The molecule has 0 heteroatoms. The van der Waals surface area contributed by atoms with Crippen molar-refractivity contribution in [3.63, 3.8) is 0 Å². The molecule has 0 aromatic heterocycles. The van der Waals surface area contributed by atoms with Crippen LogP contribution in [-0.2, 0) is 0 Å². The topological polar surface area (TPSA) is 0 Å². The molecule has 0 aromatic rings. The Balaban J connectivity index is 1.27. The molecule has 8 saturated carbocycles. The molecule has 1 spiro atoms. The van der Waals surface area contributed by atoms with Gasteiger partial charge in [-0.05, 0) is 175 Å². The lowest BCUT2D eigenvalue weighted by Crippen LogP contribution is -2.68. The molecule has 0 saturated heterocycles. The first-order valence-electron chi connectivity index (χ1n) is 21.0. The first kappa shape index (κ1) is 31.3. The summed E-state index contributed by atoms with van der Waals surface area (Å²) >= 11 is 0. The van der Waals surface area contributed by atoms with Crippen LogP contribution in [0.3, 0.4) is 0 Å². The monoisotopic (exact) mass is 603 g/mol. The molecule has 0 heterocycles. The van der Waals surface area contributed by atoms with Crippen molar-refractivity contribution < 1.29 is 0 Å². The highest BCUT2D eigenvalue weighted by Crippen LogP contribution is 2.83. The van der Waals surface area contributed by atoms with Crippen molar-refractivity contribution >= 4 is 0 Å². The second-order valence-corrected chi connectivity index (χ2v) is 21.4. The molecule has 250 valence electrons. The lowest BCUT2D eigenvalue weighted by atomic mass is 9.32. The minimum absolute atomic E-state index is 0.470. The van der Waals surface area contributed by atoms with Crippen molar-refractivity contribution in [2.24, 2.45) is 123 Å². The SMILES string of the molecule is CC(C)C1C(C(C)C)C2(C3CCC4CC5CC6CCCCC6CC5C4C3C3CC(C(C)(C)C)C4CCCCC4C32)C1C(C)C. The summed E-state index contributed by atoms with van der Waals surface area (Å²) in [7, 11) is 0. The molecule has 8 aliphatic carbocycles. The number of hydrogen-bond acceptors (Lipinski definition) is 0. The van der Waals surface area contributed by atoms with Gasteiger partial charge >= 0.3 is 0 Å². The second-order valence-electron chi connectivity index (χ2n) is 21.4. The van der Waals surface area contributed by atoms with Gasteiger partial charge in [-0.3, -0.25) is 0 Å². The van der Waals surface area contributed by atoms with Gasteiger partial charge in [0.2, 0.25) is 0 Å². The summed E-state index contributed by atoms with van der Waals surface area (Å²) in [5, 5.41) is 0. The standard InChI is InChI=1S/C44H74/c1-24(2)37-40(25(3)4)44(41(37)26(5)6)35-19-18-29-21-30-20-27-14-10-11-15-28(27)22-33(30)38(29)39(35)34-23-36(43(7,8)9)31-16-12-13-17-32(31)42(34)44/h24-42H,10-23H2,1-9H3. The molecule has 44 heavy (non-hydrogen) atoms. The molecule has 0 aliphatic heterocycles. The maximum absolute atomic E-state index is 2.70. The number of fused-ring (bicyclic) bond motifs is 12. The van der Waals surface area contributed by atoms with Crippen molar-refractivity contribution in [3.8, 4) is 0 Å². The lowest BCUT2D eigenvalue weighted by molar-refractivity contribution is -0.256. The van der Waals surface area contributed by atoms with E-state index in [2.05, 4.69) is 62.3 Å². The summed E-state index contributed by atoms with van der Waals surface area (Å²) in [6, 6.07) is 0. The number of hydrogen-bond donors (Lipinski definition) is 0. The van der Waals surface area contributed by atoms with Crippen molar-refractivity contribution in [1.29, 1.82) is 0 Å². The summed E-state index contributed by atoms with van der Waals surface area (Å²) in [5.74, 6) is 19.4. The summed E-state index contributed by atoms with van der Waals surface area (Å²) in [5.41, 5.74) is 1.12. The zero-order valence-electron chi connectivity index (χ0n) is 30.9. The van der Waals surface area contributed by atoms with Crippen LogP contribution in [0, 0.1) is 123 Å². The predicted molar refractivity (Wildman–Crippen MR) is 187 cm³/mol. The zero-order valence-corrected chi connectivity index (χ0v) is 30.9. The molecular weight excluding hydrogens is 528 g/mol. The van der Waals surface area contributed by atoms with E-state index in [9.17, 15) is 0 Å². The maximum atomic E-state index is 2.70. The van der Waals surface area contributed by atoms with Gasteiger partial charge in [-0.1, -0.05) is 101 Å². The van der Waals surface area contributed by atoms with E-state index in [1.807, 2.05) is 0 Å². The molecule has 8 fully saturated rings. The molecule has 0 bridgehead atoms. The fourth-order valence-electron chi connectivity index (χ4n) is 17.8. The van der Waals surface area contributed by atoms with Crippen LogP contribution in [0.25, 0.3) is 0 Å². The Morgan fingerprint density at radius 3 is 1.70 bits per heavy atom. The fourth-order valence-corrected chi connectivity index (χ4v) is 17.8. The van der Waals surface area contributed by atoms with Gasteiger partial charge in [0, 0.05) is 0 Å². The van der Waals surface area contributed by atoms with E-state index in [1.165, 1.54) is 6.42 Å². The zero-order chi connectivity index (χ0) is 30.9. The minimum Gasteiger partial charge on any atom is -0.0625 e. The van der Waals surface area contributed by atoms with Gasteiger partial charge in [0.1, 0.15) is 0 Å². The van der Waals surface area contributed by atoms with Gasteiger partial charge in [0.15, 0.2) is 0 Å². The molecule has 0 amide bonds. The van der Waals surface area contributed by atoms with Crippen LogP contribution in [0.1, 0.15) is 152 Å². The first-order valence-corrected chi connectivity index (χ1v) is 21.0. The smallest absolute Gasteiger partial charge is 0.0165 e. The van der Waals surface area contributed by atoms with Crippen LogP contribution in [0.15, 0.2) is 0 Å². The minimum atomic E-state index is 0.470. The molecule has 0 aromatic carbocycles. The quantitative estimate of drug-likeness (QED) is 0.301. The molecular formula is C44H74. The second kappa shape index (κ2) is 11.0. The van der Waals surface area contributed by atoms with Crippen LogP contribution >= 0.6 is 0 Å². The van der Waals surface area contributed by atoms with Crippen molar-refractivity contribution in [3.05, 3.63) is 0 Å². The van der Waals surface area contributed by atoms with E-state index >= 15 is 0 Å². The molecule has 15 unspecified atom stereocenters. The van der Waals surface area contributed by atoms with Crippen LogP contribution < -0.4 is 0 Å². The summed E-state index contributed by atoms with van der Waals surface area (Å²) < 4.78 is 0. The van der Waals surface area contributed by atoms with Crippen LogP contribution in [-0.4, -0.2) is 0 Å². The van der Waals surface area contributed by atoms with Gasteiger partial charge in [-0.15, -0.1) is 0 Å². The Hall–Kier alpha value is 0. The summed E-state index contributed by atoms with van der Waals surface area (Å²) in [6.07, 6.45) is 22.3. The number of rotatable bonds is 3. The Morgan fingerprint density at radius 2 is 1.09 bits per heavy atom. The Morgan fingerprint density at radius 1 is 0.500 bits per heavy atom. The van der Waals surface area contributed by atoms with Crippen molar-refractivity contribution in [2.75, 3.05) is 0 Å². The lowest BCUT2D eigenvalue weighted by Gasteiger charge is -2.72. The Labute approximate surface area is 274 Å². The molecule has 8 rings (SSSR count). The van der Waals surface area contributed by atoms with Gasteiger partial charge in [-0.25, -0.2) is 0 Å². The van der Waals surface area contributed by atoms with E-state index in [0.29, 0.717) is 10.8 Å². The Kier molecular flexibility index (Phi) is 7.83. The maximum Gasteiger partial charge on any atom is -0.0165 e. The molecule has 0 radical (unpaired) electrons. The molecule has 0 N–H and O–H groups in total. The van der Waals surface area contributed by atoms with Gasteiger partial charge in [0.05, 0.1) is 0 Å². The normalized spacial score (nSPS) is 54.8. The third kappa shape index (κ3) is 4.24. The van der Waals surface area contributed by atoms with Crippen LogP contribution in [0.2, 0.25) is 0 Å². The summed E-state index contributed by atoms with van der Waals surface area (Å²) in [4.78, 5) is 0. The van der Waals surface area contributed by atoms with Gasteiger partial charge in [0.25, 0.3) is 0 Å². The van der Waals surface area contributed by atoms with E-state index < -0.39 is 0 Å². The van der Waals surface area contributed by atoms with Crippen LogP contribution in [0.5, 0.6) is 0 Å². The molecule has 8 aliphatic rings. The first-order chi connectivity index (χ1) is 21.0. The van der Waals surface area contributed by atoms with Crippen molar-refractivity contribution in [1.82, 2.24) is 0 Å². The van der Waals surface area contributed by atoms with Crippen LogP contribution in [0.4, 0.5) is 0 Å². The fraction of sp³-hybridized carbons (Fsp3) is 1.00. The highest BCUT2D eigenvalue weighted by molar-refractivity contribution is 5.26. The van der Waals surface area contributed by atoms with E-state index in [0.717, 1.165) is 112 Å². The third-order valence-electron chi connectivity index (χ3n) is 18.1.